The quantitative estimate of drug-likeness (QED) is 0.899. The lowest BCUT2D eigenvalue weighted by molar-refractivity contribution is 0.0728. The van der Waals surface area contributed by atoms with Crippen LogP contribution in [0, 0.1) is 16.7 Å². The summed E-state index contributed by atoms with van der Waals surface area (Å²) < 4.78 is 0. The van der Waals surface area contributed by atoms with E-state index in [0.29, 0.717) is 5.92 Å². The van der Waals surface area contributed by atoms with Crippen molar-refractivity contribution < 1.29 is 4.79 Å². The third kappa shape index (κ3) is 2.17. The number of hydrogen-bond acceptors (Lipinski definition) is 3. The summed E-state index contributed by atoms with van der Waals surface area (Å²) in [5, 5.41) is 10.1. The molecule has 0 spiro atoms. The van der Waals surface area contributed by atoms with Crippen LogP contribution in [0.3, 0.4) is 0 Å². The minimum atomic E-state index is -0.148. The Labute approximate surface area is 126 Å². The first-order valence-electron chi connectivity index (χ1n) is 7.97. The highest BCUT2D eigenvalue weighted by Crippen LogP contribution is 2.62. The number of hydrogen-bond donors (Lipinski definition) is 2. The van der Waals surface area contributed by atoms with Crippen molar-refractivity contribution in [2.24, 2.45) is 16.7 Å². The van der Waals surface area contributed by atoms with Crippen molar-refractivity contribution in [1.29, 1.82) is 0 Å². The van der Waals surface area contributed by atoms with Gasteiger partial charge in [-0.25, -0.2) is 4.98 Å². The number of carbonyl (C=O) groups excluding carboxylic acids is 1. The van der Waals surface area contributed by atoms with E-state index >= 15 is 0 Å². The average Bonchev–Trinajstić information content (AvgIpc) is 3.05. The summed E-state index contributed by atoms with van der Waals surface area (Å²) >= 11 is 0. The minimum absolute atomic E-state index is 0.148. The molecule has 0 saturated heterocycles. The Hall–Kier alpha value is -1.39. The Balaban J connectivity index is 1.78. The molecule has 2 N–H and O–H groups in total. The van der Waals surface area contributed by atoms with E-state index in [4.69, 9.17) is 0 Å². The normalized spacial score (nSPS) is 33.6. The second-order valence-corrected chi connectivity index (χ2v) is 8.02. The number of rotatable bonds is 3. The fourth-order valence-electron chi connectivity index (χ4n) is 4.49. The predicted molar refractivity (Wildman–Crippen MR) is 81.0 cm³/mol. The smallest absolute Gasteiger partial charge is 0.291 e. The molecule has 0 aliphatic heterocycles. The molecule has 0 radical (unpaired) electrons. The molecule has 5 heteroatoms. The Morgan fingerprint density at radius 3 is 2.62 bits per heavy atom. The van der Waals surface area contributed by atoms with E-state index in [-0.39, 0.29) is 34.5 Å². The summed E-state index contributed by atoms with van der Waals surface area (Å²) in [5.41, 5.74) is 0.376. The van der Waals surface area contributed by atoms with E-state index in [0.717, 1.165) is 5.82 Å². The van der Waals surface area contributed by atoms with Crippen LogP contribution in [0.15, 0.2) is 0 Å². The predicted octanol–water partition coefficient (Wildman–Crippen LogP) is 2.87. The largest absolute Gasteiger partial charge is 0.345 e. The number of aromatic amines is 1. The molecule has 21 heavy (non-hydrogen) atoms. The van der Waals surface area contributed by atoms with Crippen molar-refractivity contribution in [3.8, 4) is 0 Å². The minimum Gasteiger partial charge on any atom is -0.345 e. The number of fused-ring (bicyclic) bond motifs is 2. The summed E-state index contributed by atoms with van der Waals surface area (Å²) in [7, 11) is 0. The summed E-state index contributed by atoms with van der Waals surface area (Å²) in [5.74, 6) is 1.84. The molecule has 1 amide bonds. The van der Waals surface area contributed by atoms with Crippen LogP contribution in [0.25, 0.3) is 0 Å². The molecule has 1 heterocycles. The van der Waals surface area contributed by atoms with E-state index in [2.05, 4.69) is 41.3 Å². The van der Waals surface area contributed by atoms with Gasteiger partial charge in [0.2, 0.25) is 5.82 Å². The first-order valence-corrected chi connectivity index (χ1v) is 7.97. The van der Waals surface area contributed by atoms with Crippen molar-refractivity contribution in [1.82, 2.24) is 20.5 Å². The zero-order chi connectivity index (χ0) is 15.4. The third-order valence-corrected chi connectivity index (χ3v) is 5.80. The van der Waals surface area contributed by atoms with Gasteiger partial charge in [0.15, 0.2) is 0 Å². The highest BCUT2D eigenvalue weighted by atomic mass is 16.2. The number of nitrogens with one attached hydrogen (secondary N) is 2. The highest BCUT2D eigenvalue weighted by Gasteiger charge is 2.59. The van der Waals surface area contributed by atoms with E-state index in [9.17, 15) is 4.79 Å². The average molecular weight is 290 g/mol. The van der Waals surface area contributed by atoms with Crippen molar-refractivity contribution >= 4 is 5.91 Å². The maximum Gasteiger partial charge on any atom is 0.291 e. The number of carbonyl (C=O) groups is 1. The molecule has 116 valence electrons. The van der Waals surface area contributed by atoms with Crippen LogP contribution in [0.2, 0.25) is 0 Å². The van der Waals surface area contributed by atoms with Crippen molar-refractivity contribution in [2.45, 2.75) is 65.8 Å². The molecule has 1 aromatic heterocycles. The van der Waals surface area contributed by atoms with Gasteiger partial charge in [0.25, 0.3) is 5.91 Å². The van der Waals surface area contributed by atoms with Crippen LogP contribution < -0.4 is 5.32 Å². The van der Waals surface area contributed by atoms with E-state index < -0.39 is 0 Å². The number of aromatic nitrogens is 3. The molecule has 2 saturated carbocycles. The fourth-order valence-corrected chi connectivity index (χ4v) is 4.49. The van der Waals surface area contributed by atoms with Gasteiger partial charge >= 0.3 is 0 Å². The molecule has 1 aromatic rings. The van der Waals surface area contributed by atoms with E-state index in [1.165, 1.54) is 19.3 Å². The lowest BCUT2D eigenvalue weighted by Crippen LogP contribution is -2.52. The molecule has 3 atom stereocenters. The van der Waals surface area contributed by atoms with Crippen LogP contribution in [-0.2, 0) is 0 Å². The Morgan fingerprint density at radius 2 is 2.10 bits per heavy atom. The van der Waals surface area contributed by atoms with Crippen LogP contribution in [0.5, 0.6) is 0 Å². The van der Waals surface area contributed by atoms with E-state index in [1.807, 2.05) is 13.8 Å². The van der Waals surface area contributed by atoms with Gasteiger partial charge in [0.05, 0.1) is 0 Å². The fraction of sp³-hybridized carbons (Fsp3) is 0.812. The van der Waals surface area contributed by atoms with Gasteiger partial charge in [-0.1, -0.05) is 34.6 Å². The molecule has 2 bridgehead atoms. The SMILES string of the molecule is CC(C)c1nc(C(=O)NC2C3(C)CCC(C3)C2(C)C)n[nH]1. The Kier molecular flexibility index (Phi) is 3.15. The molecule has 0 aromatic carbocycles. The second-order valence-electron chi connectivity index (χ2n) is 8.02. The molecule has 3 unspecified atom stereocenters. The molecule has 2 aliphatic rings. The van der Waals surface area contributed by atoms with Crippen LogP contribution in [-0.4, -0.2) is 27.1 Å². The van der Waals surface area contributed by atoms with Gasteiger partial charge in [-0.2, -0.15) is 0 Å². The van der Waals surface area contributed by atoms with Gasteiger partial charge in [-0.05, 0) is 36.0 Å². The van der Waals surface area contributed by atoms with Crippen LogP contribution >= 0.6 is 0 Å². The molecule has 2 fully saturated rings. The third-order valence-electron chi connectivity index (χ3n) is 5.80. The first kappa shape index (κ1) is 14.5. The van der Waals surface area contributed by atoms with Gasteiger partial charge in [-0.15, -0.1) is 5.10 Å². The number of amides is 1. The summed E-state index contributed by atoms with van der Waals surface area (Å²) in [6.45, 7) is 10.9. The van der Waals surface area contributed by atoms with E-state index in [1.54, 1.807) is 0 Å². The van der Waals surface area contributed by atoms with Crippen LogP contribution in [0.4, 0.5) is 0 Å². The lowest BCUT2D eigenvalue weighted by Gasteiger charge is -2.42. The molecular formula is C16H26N4O. The number of H-pyrrole nitrogens is 1. The maximum atomic E-state index is 12.5. The zero-order valence-corrected chi connectivity index (χ0v) is 13.7. The maximum absolute atomic E-state index is 12.5. The second kappa shape index (κ2) is 4.55. The topological polar surface area (TPSA) is 70.7 Å². The van der Waals surface area contributed by atoms with Crippen LogP contribution in [0.1, 0.15) is 76.2 Å². The van der Waals surface area contributed by atoms with Gasteiger partial charge < -0.3 is 5.32 Å². The van der Waals surface area contributed by atoms with Gasteiger partial charge in [0.1, 0.15) is 5.82 Å². The summed E-state index contributed by atoms with van der Waals surface area (Å²) in [6, 6.07) is 0.206. The van der Waals surface area contributed by atoms with Crippen molar-refractivity contribution in [2.75, 3.05) is 0 Å². The van der Waals surface area contributed by atoms with Crippen molar-refractivity contribution in [3.05, 3.63) is 11.6 Å². The molecule has 5 nitrogen and oxygen atoms in total. The molecule has 3 rings (SSSR count). The summed E-state index contributed by atoms with van der Waals surface area (Å²) in [4.78, 5) is 16.8. The number of nitrogens with zero attached hydrogens (tertiary/aromatic N) is 2. The highest BCUT2D eigenvalue weighted by molar-refractivity contribution is 5.90. The molecular weight excluding hydrogens is 264 g/mol. The monoisotopic (exact) mass is 290 g/mol. The van der Waals surface area contributed by atoms with Crippen molar-refractivity contribution in [3.63, 3.8) is 0 Å². The Bertz CT molecular complexity index is 558. The standard InChI is InChI=1S/C16H26N4O/c1-9(2)11-17-12(20-19-11)13(21)18-14-15(3,4)10-6-7-16(14,5)8-10/h9-10,14H,6-8H2,1-5H3,(H,18,21)(H,17,19,20). The zero-order valence-electron chi connectivity index (χ0n) is 13.7. The first-order chi connectivity index (χ1) is 9.74. The lowest BCUT2D eigenvalue weighted by atomic mass is 9.68. The Morgan fingerprint density at radius 1 is 1.38 bits per heavy atom. The summed E-state index contributed by atoms with van der Waals surface area (Å²) in [6.07, 6.45) is 3.71. The van der Waals surface area contributed by atoms with Gasteiger partial charge in [0, 0.05) is 12.0 Å². The van der Waals surface area contributed by atoms with Gasteiger partial charge in [-0.3, -0.25) is 9.89 Å². The molecule has 2 aliphatic carbocycles.